The molecule has 0 fully saturated rings. The molecule has 2 heterocycles. The van der Waals surface area contributed by atoms with E-state index in [1.54, 1.807) is 77.7 Å². The first kappa shape index (κ1) is 19.1. The molecule has 0 saturated heterocycles. The Bertz CT molecular complexity index is 1210. The van der Waals surface area contributed by atoms with Crippen LogP contribution in [0.1, 0.15) is 0 Å². The lowest BCUT2D eigenvalue weighted by molar-refractivity contribution is 0.601. The Morgan fingerprint density at radius 3 is 2.28 bits per heavy atom. The molecule has 0 amide bonds. The van der Waals surface area contributed by atoms with E-state index in [0.29, 0.717) is 21.8 Å². The van der Waals surface area contributed by atoms with Crippen molar-refractivity contribution in [2.45, 2.75) is 4.90 Å². The molecular weight excluding hydrogens is 456 g/mol. The maximum absolute atomic E-state index is 12.5. The summed E-state index contributed by atoms with van der Waals surface area (Å²) in [7, 11) is -3.69. The van der Waals surface area contributed by atoms with Crippen LogP contribution in [0.25, 0.3) is 5.82 Å². The quantitative estimate of drug-likeness (QED) is 0.441. The summed E-state index contributed by atoms with van der Waals surface area (Å²) in [6.07, 6.45) is 3.45. The van der Waals surface area contributed by atoms with Gasteiger partial charge >= 0.3 is 0 Å². The van der Waals surface area contributed by atoms with Gasteiger partial charge in [0, 0.05) is 28.2 Å². The van der Waals surface area contributed by atoms with Crippen molar-refractivity contribution < 1.29 is 8.42 Å². The fourth-order valence-corrected chi connectivity index (χ4v) is 4.62. The zero-order valence-corrected chi connectivity index (χ0v) is 17.3. The molecule has 10 heteroatoms. The van der Waals surface area contributed by atoms with Gasteiger partial charge in [-0.2, -0.15) is 5.10 Å². The molecule has 2 N–H and O–H groups in total. The van der Waals surface area contributed by atoms with Gasteiger partial charge in [0.1, 0.15) is 4.90 Å². The Morgan fingerprint density at radius 1 is 0.862 bits per heavy atom. The number of rotatable bonds is 6. The lowest BCUT2D eigenvalue weighted by atomic mass is 10.3. The number of aromatic nitrogens is 4. The second-order valence-electron chi connectivity index (χ2n) is 5.97. The van der Waals surface area contributed by atoms with Crippen LogP contribution in [-0.4, -0.2) is 28.4 Å². The number of hydrogen-bond donors (Lipinski definition) is 2. The van der Waals surface area contributed by atoms with Crippen LogP contribution < -0.4 is 10.0 Å². The van der Waals surface area contributed by atoms with Crippen LogP contribution in [0.5, 0.6) is 0 Å². The molecule has 0 radical (unpaired) electrons. The molecular formula is C19H15BrN6O2S. The summed E-state index contributed by atoms with van der Waals surface area (Å²) in [5, 5.41) is 15.5. The SMILES string of the molecule is O=S(=O)(Nc1ccc(Nc2ccc(-n3cccn3)nn2)cc1)c1ccccc1Br. The Morgan fingerprint density at radius 2 is 1.62 bits per heavy atom. The fourth-order valence-electron chi connectivity index (χ4n) is 2.56. The minimum Gasteiger partial charge on any atom is -0.339 e. The van der Waals surface area contributed by atoms with Gasteiger partial charge in [-0.3, -0.25) is 4.72 Å². The van der Waals surface area contributed by atoms with E-state index in [1.165, 1.54) is 6.07 Å². The normalized spacial score (nSPS) is 11.2. The summed E-state index contributed by atoms with van der Waals surface area (Å²) in [6, 6.07) is 18.9. The van der Waals surface area contributed by atoms with Crippen molar-refractivity contribution in [3.05, 3.63) is 83.6 Å². The summed E-state index contributed by atoms with van der Waals surface area (Å²) in [5.74, 6) is 1.17. The van der Waals surface area contributed by atoms with Crippen LogP contribution in [0.15, 0.2) is 88.5 Å². The molecule has 146 valence electrons. The van der Waals surface area contributed by atoms with E-state index < -0.39 is 10.0 Å². The Hall–Kier alpha value is -3.24. The minimum atomic E-state index is -3.69. The molecule has 0 spiro atoms. The second kappa shape index (κ2) is 8.02. The molecule has 0 aliphatic heterocycles. The molecule has 4 rings (SSSR count). The number of anilines is 3. The Kier molecular flexibility index (Phi) is 5.28. The van der Waals surface area contributed by atoms with Gasteiger partial charge in [-0.25, -0.2) is 13.1 Å². The fraction of sp³-hybridized carbons (Fsp3) is 0. The highest BCUT2D eigenvalue weighted by molar-refractivity contribution is 9.10. The van der Waals surface area contributed by atoms with Gasteiger partial charge in [0.15, 0.2) is 11.6 Å². The second-order valence-corrected chi connectivity index (χ2v) is 8.47. The van der Waals surface area contributed by atoms with Crippen molar-refractivity contribution in [1.29, 1.82) is 0 Å². The molecule has 4 aromatic rings. The van der Waals surface area contributed by atoms with Crippen LogP contribution in [0.3, 0.4) is 0 Å². The Balaban J connectivity index is 1.45. The van der Waals surface area contributed by atoms with E-state index >= 15 is 0 Å². The monoisotopic (exact) mass is 470 g/mol. The van der Waals surface area contributed by atoms with E-state index in [0.717, 1.165) is 5.69 Å². The standard InChI is InChI=1S/C19H15BrN6O2S/c20-16-4-1-2-5-17(16)29(27,28)25-15-8-6-14(7-9-15)22-18-10-11-19(24-23-18)26-13-3-12-21-26/h1-13,25H,(H,22,23). The van der Waals surface area contributed by atoms with Crippen molar-refractivity contribution in [3.8, 4) is 5.82 Å². The summed E-state index contributed by atoms with van der Waals surface area (Å²) in [4.78, 5) is 0.176. The van der Waals surface area contributed by atoms with Gasteiger partial charge in [-0.1, -0.05) is 12.1 Å². The van der Waals surface area contributed by atoms with E-state index in [2.05, 4.69) is 41.3 Å². The first-order valence-electron chi connectivity index (χ1n) is 8.49. The topological polar surface area (TPSA) is 102 Å². The molecule has 8 nitrogen and oxygen atoms in total. The highest BCUT2D eigenvalue weighted by atomic mass is 79.9. The molecule has 2 aromatic heterocycles. The zero-order valence-electron chi connectivity index (χ0n) is 14.9. The van der Waals surface area contributed by atoms with Crippen LogP contribution in [0.2, 0.25) is 0 Å². The number of nitrogens with zero attached hydrogens (tertiary/aromatic N) is 4. The lowest BCUT2D eigenvalue weighted by Gasteiger charge is -2.11. The van der Waals surface area contributed by atoms with Gasteiger partial charge in [-0.15, -0.1) is 10.2 Å². The molecule has 0 atom stereocenters. The highest BCUT2D eigenvalue weighted by Gasteiger charge is 2.17. The maximum Gasteiger partial charge on any atom is 0.263 e. The first-order valence-corrected chi connectivity index (χ1v) is 10.8. The van der Waals surface area contributed by atoms with Crippen molar-refractivity contribution in [2.24, 2.45) is 0 Å². The highest BCUT2D eigenvalue weighted by Crippen LogP contribution is 2.25. The number of hydrogen-bond acceptors (Lipinski definition) is 6. The summed E-state index contributed by atoms with van der Waals surface area (Å²) < 4.78 is 29.8. The first-order chi connectivity index (χ1) is 14.0. The average molecular weight is 471 g/mol. The summed E-state index contributed by atoms with van der Waals surface area (Å²) >= 11 is 3.26. The van der Waals surface area contributed by atoms with Gasteiger partial charge in [-0.05, 0) is 70.5 Å². The van der Waals surface area contributed by atoms with Crippen LogP contribution in [0, 0.1) is 0 Å². The van der Waals surface area contributed by atoms with E-state index in [-0.39, 0.29) is 4.90 Å². The van der Waals surface area contributed by atoms with Crippen molar-refractivity contribution in [2.75, 3.05) is 10.0 Å². The van der Waals surface area contributed by atoms with E-state index in [9.17, 15) is 8.42 Å². The Labute approximate surface area is 175 Å². The van der Waals surface area contributed by atoms with Gasteiger partial charge in [0.25, 0.3) is 10.0 Å². The van der Waals surface area contributed by atoms with Crippen molar-refractivity contribution in [3.63, 3.8) is 0 Å². The zero-order chi connectivity index (χ0) is 20.3. The number of benzene rings is 2. The average Bonchev–Trinajstić information content (AvgIpc) is 3.25. The largest absolute Gasteiger partial charge is 0.339 e. The maximum atomic E-state index is 12.5. The summed E-state index contributed by atoms with van der Waals surface area (Å²) in [6.45, 7) is 0. The van der Waals surface area contributed by atoms with Gasteiger partial charge < -0.3 is 5.32 Å². The summed E-state index contributed by atoms with van der Waals surface area (Å²) in [5.41, 5.74) is 1.20. The van der Waals surface area contributed by atoms with Crippen LogP contribution >= 0.6 is 15.9 Å². The molecule has 0 aliphatic carbocycles. The molecule has 0 saturated carbocycles. The number of nitrogens with one attached hydrogen (secondary N) is 2. The molecule has 0 bridgehead atoms. The number of sulfonamides is 1. The van der Waals surface area contributed by atoms with Crippen LogP contribution in [-0.2, 0) is 10.0 Å². The molecule has 2 aromatic carbocycles. The third kappa shape index (κ3) is 4.44. The third-order valence-corrected chi connectivity index (χ3v) is 6.32. The number of halogens is 1. The predicted octanol–water partition coefficient (Wildman–Crippen LogP) is 3.97. The third-order valence-electron chi connectivity index (χ3n) is 3.93. The molecule has 0 unspecified atom stereocenters. The van der Waals surface area contributed by atoms with Crippen molar-refractivity contribution in [1.82, 2.24) is 20.0 Å². The van der Waals surface area contributed by atoms with E-state index in [1.807, 2.05) is 0 Å². The van der Waals surface area contributed by atoms with E-state index in [4.69, 9.17) is 0 Å². The van der Waals surface area contributed by atoms with Gasteiger partial charge in [0.05, 0.1) is 0 Å². The lowest BCUT2D eigenvalue weighted by Crippen LogP contribution is -2.13. The molecule has 29 heavy (non-hydrogen) atoms. The smallest absolute Gasteiger partial charge is 0.263 e. The van der Waals surface area contributed by atoms with Crippen molar-refractivity contribution >= 4 is 43.1 Å². The predicted molar refractivity (Wildman–Crippen MR) is 114 cm³/mol. The van der Waals surface area contributed by atoms with Gasteiger partial charge in [0.2, 0.25) is 0 Å². The molecule has 0 aliphatic rings. The van der Waals surface area contributed by atoms with Crippen LogP contribution in [0.4, 0.5) is 17.2 Å². The minimum absolute atomic E-state index is 0.176.